The normalized spacial score (nSPS) is 11.0. The van der Waals surface area contributed by atoms with Crippen LogP contribution in [0.15, 0.2) is 27.8 Å². The number of rotatable bonds is 3. The molecule has 3 aromatic rings. The van der Waals surface area contributed by atoms with Crippen molar-refractivity contribution in [2.45, 2.75) is 13.8 Å². The van der Waals surface area contributed by atoms with Gasteiger partial charge in [-0.15, -0.1) is 40.2 Å². The highest BCUT2D eigenvalue weighted by Gasteiger charge is 2.16. The second kappa shape index (κ2) is 6.47. The van der Waals surface area contributed by atoms with Crippen molar-refractivity contribution in [2.75, 3.05) is 0 Å². The molecule has 3 rings (SSSR count). The molecule has 0 radical (unpaired) electrons. The standard InChI is InChI=1S/C13H14N6S2.ClH/c1-7-5-9(8(2)21-7)11-10(6-16-18-12(14)15)19-3-4-20-13(19)17-11;/h3-6H,1-2H3,(H4,14,15,18);1H/b16-6+;. The van der Waals surface area contributed by atoms with E-state index in [1.165, 1.54) is 9.75 Å². The highest BCUT2D eigenvalue weighted by molar-refractivity contribution is 7.15. The number of halogens is 1. The molecule has 0 aliphatic rings. The van der Waals surface area contributed by atoms with Gasteiger partial charge in [0.05, 0.1) is 11.9 Å². The Morgan fingerprint density at radius 2 is 2.14 bits per heavy atom. The predicted octanol–water partition coefficient (Wildman–Crippen LogP) is 2.77. The second-order valence-corrected chi connectivity index (χ2v) is 6.83. The Bertz CT molecular complexity index is 853. The number of hydrogen-bond donors (Lipinski definition) is 2. The van der Waals surface area contributed by atoms with Gasteiger partial charge in [-0.2, -0.15) is 5.10 Å². The molecule has 0 amide bonds. The molecular formula is C13H15ClN6S2. The zero-order valence-electron chi connectivity index (χ0n) is 12.0. The molecule has 0 spiro atoms. The van der Waals surface area contributed by atoms with E-state index in [1.54, 1.807) is 28.9 Å². The molecule has 0 bridgehead atoms. The third kappa shape index (κ3) is 2.99. The van der Waals surface area contributed by atoms with E-state index in [0.29, 0.717) is 0 Å². The number of thiazole rings is 1. The Hall–Kier alpha value is -1.90. The lowest BCUT2D eigenvalue weighted by atomic mass is 10.1. The fourth-order valence-electron chi connectivity index (χ4n) is 2.14. The van der Waals surface area contributed by atoms with E-state index in [1.807, 2.05) is 16.0 Å². The van der Waals surface area contributed by atoms with Gasteiger partial charge in [0, 0.05) is 26.9 Å². The molecular weight excluding hydrogens is 340 g/mol. The average molecular weight is 355 g/mol. The van der Waals surface area contributed by atoms with E-state index >= 15 is 0 Å². The Morgan fingerprint density at radius 3 is 2.77 bits per heavy atom. The predicted molar refractivity (Wildman–Crippen MR) is 96.5 cm³/mol. The van der Waals surface area contributed by atoms with Crippen molar-refractivity contribution in [3.8, 4) is 11.3 Å². The van der Waals surface area contributed by atoms with Gasteiger partial charge in [0.2, 0.25) is 5.96 Å². The summed E-state index contributed by atoms with van der Waals surface area (Å²) in [5.74, 6) is -0.0681. The third-order valence-electron chi connectivity index (χ3n) is 2.95. The maximum Gasteiger partial charge on any atom is 0.211 e. The van der Waals surface area contributed by atoms with Crippen LogP contribution in [0.25, 0.3) is 16.2 Å². The quantitative estimate of drug-likeness (QED) is 0.430. The lowest BCUT2D eigenvalue weighted by molar-refractivity contribution is 1.18. The minimum Gasteiger partial charge on any atom is -0.369 e. The molecule has 0 aromatic carbocycles. The van der Waals surface area contributed by atoms with Gasteiger partial charge in [0.25, 0.3) is 0 Å². The zero-order valence-corrected chi connectivity index (χ0v) is 14.4. The van der Waals surface area contributed by atoms with E-state index in [-0.39, 0.29) is 18.4 Å². The minimum absolute atomic E-state index is 0. The van der Waals surface area contributed by atoms with Gasteiger partial charge in [0.1, 0.15) is 5.69 Å². The van der Waals surface area contributed by atoms with E-state index < -0.39 is 0 Å². The smallest absolute Gasteiger partial charge is 0.211 e. The molecule has 0 aliphatic carbocycles. The molecule has 0 saturated heterocycles. The van der Waals surface area contributed by atoms with Crippen LogP contribution >= 0.6 is 35.1 Å². The van der Waals surface area contributed by atoms with Crippen LogP contribution in [0, 0.1) is 13.8 Å². The van der Waals surface area contributed by atoms with Crippen LogP contribution < -0.4 is 11.5 Å². The van der Waals surface area contributed by atoms with E-state index in [9.17, 15) is 0 Å². The fraction of sp³-hybridized carbons (Fsp3) is 0.154. The molecule has 0 aliphatic heterocycles. The highest BCUT2D eigenvalue weighted by Crippen LogP contribution is 2.33. The summed E-state index contributed by atoms with van der Waals surface area (Å²) in [5, 5.41) is 9.57. The lowest BCUT2D eigenvalue weighted by Gasteiger charge is -1.97. The largest absolute Gasteiger partial charge is 0.369 e. The Kier molecular flexibility index (Phi) is 4.84. The first kappa shape index (κ1) is 16.5. The third-order valence-corrected chi connectivity index (χ3v) is 4.67. The van der Waals surface area contributed by atoms with Gasteiger partial charge in [0.15, 0.2) is 4.96 Å². The molecule has 6 nitrogen and oxygen atoms in total. The van der Waals surface area contributed by atoms with E-state index in [2.05, 4.69) is 30.1 Å². The van der Waals surface area contributed by atoms with Gasteiger partial charge >= 0.3 is 0 Å². The van der Waals surface area contributed by atoms with Crippen LogP contribution in [-0.4, -0.2) is 21.6 Å². The highest BCUT2D eigenvalue weighted by atomic mass is 35.5. The van der Waals surface area contributed by atoms with Gasteiger partial charge in [-0.1, -0.05) is 0 Å². The first-order chi connectivity index (χ1) is 10.1. The first-order valence-electron chi connectivity index (χ1n) is 6.21. The van der Waals surface area contributed by atoms with Gasteiger partial charge in [-0.25, -0.2) is 4.98 Å². The summed E-state index contributed by atoms with van der Waals surface area (Å²) in [6.07, 6.45) is 3.59. The summed E-state index contributed by atoms with van der Waals surface area (Å²) < 4.78 is 1.98. The summed E-state index contributed by atoms with van der Waals surface area (Å²) in [4.78, 5) is 8.10. The molecule has 116 valence electrons. The fourth-order valence-corrected chi connectivity index (χ4v) is 3.79. The van der Waals surface area contributed by atoms with Gasteiger partial charge < -0.3 is 11.5 Å². The minimum atomic E-state index is -0.0681. The van der Waals surface area contributed by atoms with Crippen molar-refractivity contribution in [1.29, 1.82) is 0 Å². The maximum absolute atomic E-state index is 5.30. The van der Waals surface area contributed by atoms with Crippen molar-refractivity contribution in [3.63, 3.8) is 0 Å². The molecule has 22 heavy (non-hydrogen) atoms. The molecule has 3 aromatic heterocycles. The molecule has 0 unspecified atom stereocenters. The van der Waals surface area contributed by atoms with Crippen molar-refractivity contribution in [2.24, 2.45) is 21.7 Å². The lowest BCUT2D eigenvalue weighted by Crippen LogP contribution is -2.21. The van der Waals surface area contributed by atoms with Crippen LogP contribution in [0.4, 0.5) is 0 Å². The van der Waals surface area contributed by atoms with Crippen LogP contribution in [0.3, 0.4) is 0 Å². The SMILES string of the molecule is Cc1cc(-c2nc3sccn3c2/C=N/N=C(N)N)c(C)s1.Cl. The first-order valence-corrected chi connectivity index (χ1v) is 7.91. The van der Waals surface area contributed by atoms with Crippen LogP contribution in [-0.2, 0) is 0 Å². The maximum atomic E-state index is 5.30. The van der Waals surface area contributed by atoms with Crippen molar-refractivity contribution in [3.05, 3.63) is 33.1 Å². The summed E-state index contributed by atoms with van der Waals surface area (Å²) in [5.41, 5.74) is 13.5. The summed E-state index contributed by atoms with van der Waals surface area (Å²) in [6, 6.07) is 2.14. The number of aryl methyl sites for hydroxylation is 2. The number of nitrogens with zero attached hydrogens (tertiary/aromatic N) is 4. The molecule has 3 heterocycles. The number of thiophene rings is 1. The number of imidazole rings is 1. The number of fused-ring (bicyclic) bond motifs is 1. The number of nitrogens with two attached hydrogens (primary N) is 2. The molecule has 4 N–H and O–H groups in total. The average Bonchev–Trinajstić information content (AvgIpc) is 3.05. The van der Waals surface area contributed by atoms with Crippen LogP contribution in [0.5, 0.6) is 0 Å². The van der Waals surface area contributed by atoms with Gasteiger partial charge in [-0.05, 0) is 19.9 Å². The Labute approximate surface area is 141 Å². The molecule has 0 atom stereocenters. The zero-order chi connectivity index (χ0) is 15.0. The number of hydrogen-bond acceptors (Lipinski definition) is 5. The Morgan fingerprint density at radius 1 is 1.36 bits per heavy atom. The van der Waals surface area contributed by atoms with E-state index in [4.69, 9.17) is 16.5 Å². The van der Waals surface area contributed by atoms with Crippen molar-refractivity contribution in [1.82, 2.24) is 9.38 Å². The number of aromatic nitrogens is 2. The summed E-state index contributed by atoms with van der Waals surface area (Å²) in [7, 11) is 0. The Balaban J connectivity index is 0.00000176. The summed E-state index contributed by atoms with van der Waals surface area (Å²) >= 11 is 3.33. The second-order valence-electron chi connectivity index (χ2n) is 4.50. The van der Waals surface area contributed by atoms with Crippen LogP contribution in [0.1, 0.15) is 15.4 Å². The topological polar surface area (TPSA) is 94.1 Å². The van der Waals surface area contributed by atoms with Crippen molar-refractivity contribution >= 4 is 52.2 Å². The monoisotopic (exact) mass is 354 g/mol. The number of guanidine groups is 1. The summed E-state index contributed by atoms with van der Waals surface area (Å²) in [6.45, 7) is 4.18. The van der Waals surface area contributed by atoms with Gasteiger partial charge in [-0.3, -0.25) is 4.40 Å². The van der Waals surface area contributed by atoms with Crippen LogP contribution in [0.2, 0.25) is 0 Å². The van der Waals surface area contributed by atoms with E-state index in [0.717, 1.165) is 21.9 Å². The molecule has 0 fully saturated rings. The molecule has 9 heteroatoms. The molecule has 0 saturated carbocycles. The van der Waals surface area contributed by atoms with Crippen molar-refractivity contribution < 1.29 is 0 Å².